The second-order valence-corrected chi connectivity index (χ2v) is 5.89. The summed E-state index contributed by atoms with van der Waals surface area (Å²) < 4.78 is 0. The third-order valence-electron chi connectivity index (χ3n) is 4.53. The molecule has 2 unspecified atom stereocenters. The van der Waals surface area contributed by atoms with E-state index in [1.807, 2.05) is 29.2 Å². The van der Waals surface area contributed by atoms with Crippen molar-refractivity contribution in [1.29, 1.82) is 0 Å². The van der Waals surface area contributed by atoms with E-state index in [1.165, 1.54) is 0 Å². The Labute approximate surface area is 124 Å². The van der Waals surface area contributed by atoms with Crippen molar-refractivity contribution >= 4 is 17.5 Å². The second-order valence-electron chi connectivity index (χ2n) is 5.89. The van der Waals surface area contributed by atoms with Crippen LogP contribution in [-0.4, -0.2) is 35.8 Å². The lowest BCUT2D eigenvalue weighted by Gasteiger charge is -2.36. The molecule has 2 atom stereocenters. The van der Waals surface area contributed by atoms with Gasteiger partial charge in [0.05, 0.1) is 12.0 Å². The fourth-order valence-electron chi connectivity index (χ4n) is 3.34. The lowest BCUT2D eigenvalue weighted by Crippen LogP contribution is -2.48. The SMILES string of the molecule is Nc1ccc(CCC(=O)N2CCCC3C(=O)NCC32)cc1. The van der Waals surface area contributed by atoms with Gasteiger partial charge < -0.3 is 16.0 Å². The van der Waals surface area contributed by atoms with Crippen molar-refractivity contribution in [3.8, 4) is 0 Å². The van der Waals surface area contributed by atoms with Gasteiger partial charge in [-0.1, -0.05) is 12.1 Å². The van der Waals surface area contributed by atoms with Crippen molar-refractivity contribution in [3.63, 3.8) is 0 Å². The fourth-order valence-corrected chi connectivity index (χ4v) is 3.34. The van der Waals surface area contributed by atoms with Gasteiger partial charge in [-0.15, -0.1) is 0 Å². The molecule has 5 heteroatoms. The molecule has 21 heavy (non-hydrogen) atoms. The number of likely N-dealkylation sites (tertiary alicyclic amines) is 1. The number of nitrogen functional groups attached to an aromatic ring is 1. The highest BCUT2D eigenvalue weighted by atomic mass is 16.2. The molecule has 3 N–H and O–H groups in total. The van der Waals surface area contributed by atoms with Gasteiger partial charge in [-0.05, 0) is 37.0 Å². The van der Waals surface area contributed by atoms with Crippen molar-refractivity contribution in [3.05, 3.63) is 29.8 Å². The summed E-state index contributed by atoms with van der Waals surface area (Å²) in [6.45, 7) is 1.38. The lowest BCUT2D eigenvalue weighted by molar-refractivity contribution is -0.136. The molecule has 1 aromatic carbocycles. The predicted octanol–water partition coefficient (Wildman–Crippen LogP) is 0.938. The first kappa shape index (κ1) is 13.9. The number of carbonyl (C=O) groups excluding carboxylic acids is 2. The third-order valence-corrected chi connectivity index (χ3v) is 4.53. The molecule has 3 rings (SSSR count). The zero-order valence-corrected chi connectivity index (χ0v) is 12.0. The average molecular weight is 287 g/mol. The molecule has 2 aliphatic rings. The van der Waals surface area contributed by atoms with Crippen LogP contribution >= 0.6 is 0 Å². The van der Waals surface area contributed by atoms with Crippen LogP contribution in [0.1, 0.15) is 24.8 Å². The molecule has 5 nitrogen and oxygen atoms in total. The summed E-state index contributed by atoms with van der Waals surface area (Å²) in [6.07, 6.45) is 3.02. The molecular weight excluding hydrogens is 266 g/mol. The molecule has 0 aliphatic carbocycles. The van der Waals surface area contributed by atoms with E-state index < -0.39 is 0 Å². The van der Waals surface area contributed by atoms with Crippen LogP contribution in [0.25, 0.3) is 0 Å². The molecule has 112 valence electrons. The fraction of sp³-hybridized carbons (Fsp3) is 0.500. The smallest absolute Gasteiger partial charge is 0.225 e. The van der Waals surface area contributed by atoms with Gasteiger partial charge in [0.15, 0.2) is 0 Å². The number of nitrogens with two attached hydrogens (primary N) is 1. The lowest BCUT2D eigenvalue weighted by atomic mass is 9.91. The first-order valence-corrected chi connectivity index (χ1v) is 7.57. The van der Waals surface area contributed by atoms with E-state index in [1.54, 1.807) is 0 Å². The summed E-state index contributed by atoms with van der Waals surface area (Å²) in [5.41, 5.74) is 7.51. The van der Waals surface area contributed by atoms with E-state index >= 15 is 0 Å². The highest BCUT2D eigenvalue weighted by molar-refractivity contribution is 5.84. The van der Waals surface area contributed by atoms with Crippen molar-refractivity contribution in [2.75, 3.05) is 18.8 Å². The number of rotatable bonds is 3. The van der Waals surface area contributed by atoms with Crippen LogP contribution in [0.2, 0.25) is 0 Å². The van der Waals surface area contributed by atoms with Gasteiger partial charge in [0, 0.05) is 25.2 Å². The van der Waals surface area contributed by atoms with Gasteiger partial charge >= 0.3 is 0 Å². The molecule has 0 radical (unpaired) electrons. The quantitative estimate of drug-likeness (QED) is 0.812. The summed E-state index contributed by atoms with van der Waals surface area (Å²) in [7, 11) is 0. The van der Waals surface area contributed by atoms with Crippen LogP contribution < -0.4 is 11.1 Å². The molecule has 0 aromatic heterocycles. The Kier molecular flexibility index (Phi) is 3.82. The Bertz CT molecular complexity index is 541. The van der Waals surface area contributed by atoms with Crippen molar-refractivity contribution in [2.24, 2.45) is 5.92 Å². The third kappa shape index (κ3) is 2.86. The highest BCUT2D eigenvalue weighted by Crippen LogP contribution is 2.28. The van der Waals surface area contributed by atoms with E-state index in [0.717, 1.165) is 30.6 Å². The molecule has 2 heterocycles. The van der Waals surface area contributed by atoms with E-state index in [-0.39, 0.29) is 23.8 Å². The van der Waals surface area contributed by atoms with Crippen molar-refractivity contribution < 1.29 is 9.59 Å². The topological polar surface area (TPSA) is 75.4 Å². The molecule has 0 bridgehead atoms. The number of amides is 2. The number of piperidine rings is 1. The number of hydrogen-bond acceptors (Lipinski definition) is 3. The van der Waals surface area contributed by atoms with Crippen LogP contribution in [0.3, 0.4) is 0 Å². The molecule has 0 saturated carbocycles. The minimum absolute atomic E-state index is 0.000719. The normalized spacial score (nSPS) is 24.6. The Morgan fingerprint density at radius 2 is 2.10 bits per heavy atom. The van der Waals surface area contributed by atoms with E-state index in [0.29, 0.717) is 19.4 Å². The van der Waals surface area contributed by atoms with Gasteiger partial charge in [0.1, 0.15) is 0 Å². The highest BCUT2D eigenvalue weighted by Gasteiger charge is 2.42. The molecule has 2 fully saturated rings. The standard InChI is InChI=1S/C16H21N3O2/c17-12-6-3-11(4-7-12)5-8-15(20)19-9-1-2-13-14(19)10-18-16(13)21/h3-4,6-7,13-14H,1-2,5,8-10,17H2,(H,18,21). The molecule has 2 saturated heterocycles. The molecule has 2 amide bonds. The number of carbonyl (C=O) groups is 2. The Hall–Kier alpha value is -2.04. The summed E-state index contributed by atoms with van der Waals surface area (Å²) in [5.74, 6) is 0.258. The summed E-state index contributed by atoms with van der Waals surface area (Å²) >= 11 is 0. The number of nitrogens with zero attached hydrogens (tertiary/aromatic N) is 1. The first-order chi connectivity index (χ1) is 10.1. The molecular formula is C16H21N3O2. The van der Waals surface area contributed by atoms with Crippen LogP contribution in [0.5, 0.6) is 0 Å². The number of fused-ring (bicyclic) bond motifs is 1. The number of benzene rings is 1. The van der Waals surface area contributed by atoms with Crippen molar-refractivity contribution in [1.82, 2.24) is 10.2 Å². The molecule has 1 aromatic rings. The Morgan fingerprint density at radius 1 is 1.33 bits per heavy atom. The average Bonchev–Trinajstić information content (AvgIpc) is 2.88. The van der Waals surface area contributed by atoms with Gasteiger partial charge in [-0.3, -0.25) is 9.59 Å². The number of nitrogens with one attached hydrogen (secondary N) is 1. The Morgan fingerprint density at radius 3 is 2.86 bits per heavy atom. The number of anilines is 1. The summed E-state index contributed by atoms with van der Waals surface area (Å²) in [4.78, 5) is 26.1. The van der Waals surface area contributed by atoms with E-state index in [9.17, 15) is 9.59 Å². The van der Waals surface area contributed by atoms with Crippen LogP contribution in [-0.2, 0) is 16.0 Å². The van der Waals surface area contributed by atoms with Gasteiger partial charge in [-0.25, -0.2) is 0 Å². The van der Waals surface area contributed by atoms with E-state index in [4.69, 9.17) is 5.73 Å². The minimum Gasteiger partial charge on any atom is -0.399 e. The van der Waals surface area contributed by atoms with Crippen LogP contribution in [0.4, 0.5) is 5.69 Å². The molecule has 0 spiro atoms. The zero-order chi connectivity index (χ0) is 14.8. The van der Waals surface area contributed by atoms with Crippen LogP contribution in [0, 0.1) is 5.92 Å². The van der Waals surface area contributed by atoms with Crippen molar-refractivity contribution in [2.45, 2.75) is 31.7 Å². The second kappa shape index (κ2) is 5.76. The van der Waals surface area contributed by atoms with Gasteiger partial charge in [-0.2, -0.15) is 0 Å². The zero-order valence-electron chi connectivity index (χ0n) is 12.0. The minimum atomic E-state index is -0.000719. The number of aryl methyl sites for hydroxylation is 1. The maximum absolute atomic E-state index is 12.4. The predicted molar refractivity (Wildman–Crippen MR) is 80.4 cm³/mol. The first-order valence-electron chi connectivity index (χ1n) is 7.57. The largest absolute Gasteiger partial charge is 0.399 e. The molecule has 2 aliphatic heterocycles. The monoisotopic (exact) mass is 287 g/mol. The Balaban J connectivity index is 1.60. The number of hydrogen-bond donors (Lipinski definition) is 2. The maximum atomic E-state index is 12.4. The van der Waals surface area contributed by atoms with Crippen LogP contribution in [0.15, 0.2) is 24.3 Å². The van der Waals surface area contributed by atoms with E-state index in [2.05, 4.69) is 5.32 Å². The summed E-state index contributed by atoms with van der Waals surface area (Å²) in [6, 6.07) is 7.70. The maximum Gasteiger partial charge on any atom is 0.225 e. The summed E-state index contributed by atoms with van der Waals surface area (Å²) in [5, 5.41) is 2.88. The van der Waals surface area contributed by atoms with Gasteiger partial charge in [0.2, 0.25) is 11.8 Å². The van der Waals surface area contributed by atoms with Gasteiger partial charge in [0.25, 0.3) is 0 Å².